The summed E-state index contributed by atoms with van der Waals surface area (Å²) in [5, 5.41) is 2.79. The fourth-order valence-electron chi connectivity index (χ4n) is 1.82. The molecular formula is C9H14N2O. The Kier molecular flexibility index (Phi) is 2.02. The Balaban J connectivity index is 1.99. The standard InChI is InChI=1S/C9H14N2O/c12-9-6-8(7-10-9)11-4-2-1-3-5-11/h6H,1-5,7H2,(H,10,12). The number of amides is 1. The molecule has 0 spiro atoms. The van der Waals surface area contributed by atoms with Crippen LogP contribution in [0.3, 0.4) is 0 Å². The van der Waals surface area contributed by atoms with Crippen molar-refractivity contribution in [2.24, 2.45) is 0 Å². The van der Waals surface area contributed by atoms with Crippen LogP contribution >= 0.6 is 0 Å². The Morgan fingerprint density at radius 2 is 2.00 bits per heavy atom. The van der Waals surface area contributed by atoms with E-state index in [1.807, 2.05) is 0 Å². The lowest BCUT2D eigenvalue weighted by Crippen LogP contribution is -2.31. The normalized spacial score (nSPS) is 23.8. The maximum atomic E-state index is 10.9. The van der Waals surface area contributed by atoms with Gasteiger partial charge in [-0.3, -0.25) is 4.79 Å². The van der Waals surface area contributed by atoms with Crippen LogP contribution in [0.4, 0.5) is 0 Å². The third kappa shape index (κ3) is 1.44. The van der Waals surface area contributed by atoms with Crippen molar-refractivity contribution in [3.63, 3.8) is 0 Å². The van der Waals surface area contributed by atoms with Gasteiger partial charge in [-0.05, 0) is 19.3 Å². The van der Waals surface area contributed by atoms with Crippen LogP contribution in [0, 0.1) is 0 Å². The van der Waals surface area contributed by atoms with Crippen molar-refractivity contribution in [3.05, 3.63) is 11.8 Å². The lowest BCUT2D eigenvalue weighted by atomic mass is 10.1. The molecule has 0 radical (unpaired) electrons. The van der Waals surface area contributed by atoms with E-state index >= 15 is 0 Å². The number of rotatable bonds is 1. The van der Waals surface area contributed by atoms with Gasteiger partial charge in [0.1, 0.15) is 0 Å². The molecule has 0 saturated carbocycles. The molecule has 66 valence electrons. The molecule has 1 N–H and O–H groups in total. The molecule has 2 aliphatic rings. The summed E-state index contributed by atoms with van der Waals surface area (Å²) in [6.07, 6.45) is 5.60. The predicted octanol–water partition coefficient (Wildman–Crippen LogP) is 0.486. The van der Waals surface area contributed by atoms with Crippen LogP contribution in [-0.4, -0.2) is 30.4 Å². The molecule has 0 aliphatic carbocycles. The smallest absolute Gasteiger partial charge is 0.246 e. The minimum absolute atomic E-state index is 0.0653. The number of likely N-dealkylation sites (tertiary alicyclic amines) is 1. The monoisotopic (exact) mass is 166 g/mol. The van der Waals surface area contributed by atoms with Crippen LogP contribution in [0.5, 0.6) is 0 Å². The first-order valence-electron chi connectivity index (χ1n) is 4.59. The molecular weight excluding hydrogens is 152 g/mol. The van der Waals surface area contributed by atoms with E-state index in [2.05, 4.69) is 10.2 Å². The van der Waals surface area contributed by atoms with E-state index in [4.69, 9.17) is 0 Å². The minimum Gasteiger partial charge on any atom is -0.373 e. The van der Waals surface area contributed by atoms with Crippen molar-refractivity contribution in [2.75, 3.05) is 19.6 Å². The molecule has 1 fully saturated rings. The Morgan fingerprint density at radius 3 is 2.58 bits per heavy atom. The number of carbonyl (C=O) groups excluding carboxylic acids is 1. The van der Waals surface area contributed by atoms with Gasteiger partial charge in [0.05, 0.1) is 6.54 Å². The molecule has 2 aliphatic heterocycles. The number of hydrogen-bond donors (Lipinski definition) is 1. The van der Waals surface area contributed by atoms with Gasteiger partial charge in [-0.2, -0.15) is 0 Å². The van der Waals surface area contributed by atoms with Gasteiger partial charge < -0.3 is 10.2 Å². The van der Waals surface area contributed by atoms with Crippen LogP contribution in [0.1, 0.15) is 19.3 Å². The fourth-order valence-corrected chi connectivity index (χ4v) is 1.82. The number of nitrogens with one attached hydrogen (secondary N) is 1. The second-order valence-electron chi connectivity index (χ2n) is 3.40. The first-order chi connectivity index (χ1) is 5.86. The lowest BCUT2D eigenvalue weighted by Gasteiger charge is -2.29. The van der Waals surface area contributed by atoms with E-state index in [9.17, 15) is 4.79 Å². The molecule has 3 heteroatoms. The van der Waals surface area contributed by atoms with Gasteiger partial charge in [0.2, 0.25) is 5.91 Å². The van der Waals surface area contributed by atoms with E-state index in [1.165, 1.54) is 25.0 Å². The molecule has 0 aromatic heterocycles. The maximum Gasteiger partial charge on any atom is 0.246 e. The summed E-state index contributed by atoms with van der Waals surface area (Å²) < 4.78 is 0. The van der Waals surface area contributed by atoms with Crippen molar-refractivity contribution in [3.8, 4) is 0 Å². The van der Waals surface area contributed by atoms with E-state index < -0.39 is 0 Å². The summed E-state index contributed by atoms with van der Waals surface area (Å²) in [6.45, 7) is 2.99. The lowest BCUT2D eigenvalue weighted by molar-refractivity contribution is -0.115. The number of nitrogens with zero attached hydrogens (tertiary/aromatic N) is 1. The Bertz CT molecular complexity index is 217. The van der Waals surface area contributed by atoms with Gasteiger partial charge >= 0.3 is 0 Å². The second kappa shape index (κ2) is 3.17. The van der Waals surface area contributed by atoms with E-state index in [0.717, 1.165) is 19.6 Å². The van der Waals surface area contributed by atoms with Crippen LogP contribution in [0.15, 0.2) is 11.8 Å². The molecule has 0 unspecified atom stereocenters. The number of piperidine rings is 1. The van der Waals surface area contributed by atoms with Crippen LogP contribution in [0.25, 0.3) is 0 Å². The zero-order valence-corrected chi connectivity index (χ0v) is 7.18. The van der Waals surface area contributed by atoms with Crippen LogP contribution in [-0.2, 0) is 4.79 Å². The van der Waals surface area contributed by atoms with E-state index in [0.29, 0.717) is 0 Å². The SMILES string of the molecule is O=C1C=C(N2CCCCC2)CN1. The maximum absolute atomic E-state index is 10.9. The quantitative estimate of drug-likeness (QED) is 0.614. The highest BCUT2D eigenvalue weighted by molar-refractivity contribution is 5.90. The Labute approximate surface area is 72.4 Å². The molecule has 0 aromatic carbocycles. The van der Waals surface area contributed by atoms with Crippen molar-refractivity contribution in [1.29, 1.82) is 0 Å². The first kappa shape index (κ1) is 7.65. The summed E-state index contributed by atoms with van der Waals surface area (Å²) in [6, 6.07) is 0. The predicted molar refractivity (Wildman–Crippen MR) is 46.5 cm³/mol. The fraction of sp³-hybridized carbons (Fsp3) is 0.667. The molecule has 1 saturated heterocycles. The topological polar surface area (TPSA) is 32.3 Å². The van der Waals surface area contributed by atoms with Crippen LogP contribution < -0.4 is 5.32 Å². The summed E-state index contributed by atoms with van der Waals surface area (Å²) in [7, 11) is 0. The van der Waals surface area contributed by atoms with Crippen molar-refractivity contribution >= 4 is 5.91 Å². The van der Waals surface area contributed by atoms with Crippen molar-refractivity contribution in [2.45, 2.75) is 19.3 Å². The first-order valence-corrected chi connectivity index (χ1v) is 4.59. The highest BCUT2D eigenvalue weighted by Gasteiger charge is 2.18. The third-order valence-corrected chi connectivity index (χ3v) is 2.50. The average molecular weight is 166 g/mol. The summed E-state index contributed by atoms with van der Waals surface area (Å²) in [5.74, 6) is 0.0653. The Hall–Kier alpha value is -0.990. The van der Waals surface area contributed by atoms with Gasteiger partial charge in [0.15, 0.2) is 0 Å². The zero-order chi connectivity index (χ0) is 8.39. The molecule has 0 atom stereocenters. The van der Waals surface area contributed by atoms with Crippen LogP contribution in [0.2, 0.25) is 0 Å². The zero-order valence-electron chi connectivity index (χ0n) is 7.18. The van der Waals surface area contributed by atoms with Crippen molar-refractivity contribution < 1.29 is 4.79 Å². The molecule has 2 heterocycles. The Morgan fingerprint density at radius 1 is 1.25 bits per heavy atom. The van der Waals surface area contributed by atoms with Gasteiger partial charge in [0.25, 0.3) is 0 Å². The third-order valence-electron chi connectivity index (χ3n) is 2.50. The molecule has 3 nitrogen and oxygen atoms in total. The summed E-state index contributed by atoms with van der Waals surface area (Å²) in [5.41, 5.74) is 1.18. The number of hydrogen-bond acceptors (Lipinski definition) is 2. The molecule has 0 aromatic rings. The van der Waals surface area contributed by atoms with Gasteiger partial charge in [-0.1, -0.05) is 0 Å². The highest BCUT2D eigenvalue weighted by atomic mass is 16.1. The molecule has 12 heavy (non-hydrogen) atoms. The van der Waals surface area contributed by atoms with Gasteiger partial charge in [-0.15, -0.1) is 0 Å². The van der Waals surface area contributed by atoms with E-state index in [-0.39, 0.29) is 5.91 Å². The van der Waals surface area contributed by atoms with Crippen molar-refractivity contribution in [1.82, 2.24) is 10.2 Å². The molecule has 0 bridgehead atoms. The molecule has 2 rings (SSSR count). The molecule has 1 amide bonds. The second-order valence-corrected chi connectivity index (χ2v) is 3.40. The summed E-state index contributed by atoms with van der Waals surface area (Å²) >= 11 is 0. The van der Waals surface area contributed by atoms with Gasteiger partial charge in [0, 0.05) is 24.9 Å². The highest BCUT2D eigenvalue weighted by Crippen LogP contribution is 2.15. The summed E-state index contributed by atoms with van der Waals surface area (Å²) in [4.78, 5) is 13.2. The van der Waals surface area contributed by atoms with Gasteiger partial charge in [-0.25, -0.2) is 0 Å². The average Bonchev–Trinajstić information content (AvgIpc) is 2.54. The van der Waals surface area contributed by atoms with E-state index in [1.54, 1.807) is 6.08 Å². The largest absolute Gasteiger partial charge is 0.373 e. The number of carbonyl (C=O) groups is 1. The minimum atomic E-state index is 0.0653.